The molecule has 4 nitrogen and oxygen atoms in total. The Morgan fingerprint density at radius 1 is 1.19 bits per heavy atom. The maximum Gasteiger partial charge on any atom is 0.296 e. The van der Waals surface area contributed by atoms with Crippen LogP contribution in [0.3, 0.4) is 0 Å². The fourth-order valence-corrected chi connectivity index (χ4v) is 3.42. The van der Waals surface area contributed by atoms with Crippen LogP contribution >= 0.6 is 23.2 Å². The van der Waals surface area contributed by atoms with Crippen LogP contribution in [0.4, 0.5) is 14.6 Å². The van der Waals surface area contributed by atoms with Gasteiger partial charge in [-0.2, -0.15) is 0 Å². The largest absolute Gasteiger partial charge is 0.356 e. The van der Waals surface area contributed by atoms with Crippen molar-refractivity contribution >= 4 is 29.0 Å². The summed E-state index contributed by atoms with van der Waals surface area (Å²) in [6.07, 6.45) is -1.12. The number of hydrogen-bond donors (Lipinski definition) is 0. The highest BCUT2D eigenvalue weighted by molar-refractivity contribution is 6.43. The third-order valence-electron chi connectivity index (χ3n) is 4.74. The van der Waals surface area contributed by atoms with Gasteiger partial charge in [0, 0.05) is 19.2 Å². The molecule has 0 saturated carbocycles. The Morgan fingerprint density at radius 3 is 2.46 bits per heavy atom. The average Bonchev–Trinajstić information content (AvgIpc) is 2.57. The number of nitrogens with zero attached hydrogens (tertiary/aromatic N) is 3. The first-order valence-electron chi connectivity index (χ1n) is 8.31. The summed E-state index contributed by atoms with van der Waals surface area (Å²) in [7, 11) is 0. The van der Waals surface area contributed by atoms with Crippen molar-refractivity contribution in [2.24, 2.45) is 5.41 Å². The van der Waals surface area contributed by atoms with Gasteiger partial charge in [-0.3, -0.25) is 9.36 Å². The van der Waals surface area contributed by atoms with Gasteiger partial charge in [-0.25, -0.2) is 13.8 Å². The van der Waals surface area contributed by atoms with Gasteiger partial charge in [0.15, 0.2) is 5.82 Å². The summed E-state index contributed by atoms with van der Waals surface area (Å²) >= 11 is 12.1. The van der Waals surface area contributed by atoms with E-state index in [-0.39, 0.29) is 27.0 Å². The van der Waals surface area contributed by atoms with Gasteiger partial charge in [0.2, 0.25) is 0 Å². The fraction of sp³-hybridized carbons (Fsp3) is 0.444. The second-order valence-electron chi connectivity index (χ2n) is 7.17. The molecule has 0 atom stereocenters. The Kier molecular flexibility index (Phi) is 5.26. The summed E-state index contributed by atoms with van der Waals surface area (Å²) in [6.45, 7) is 5.68. The molecule has 1 aromatic carbocycles. The van der Waals surface area contributed by atoms with Gasteiger partial charge in [0.05, 0.1) is 15.7 Å². The Hall–Kier alpha value is -1.66. The van der Waals surface area contributed by atoms with Crippen LogP contribution in [0.25, 0.3) is 5.69 Å². The molecule has 1 aliphatic rings. The third-order valence-corrected chi connectivity index (χ3v) is 5.55. The molecule has 0 aliphatic carbocycles. The molecular formula is C18H19Cl2F2N3O. The highest BCUT2D eigenvalue weighted by Gasteiger charge is 2.28. The number of rotatable bonds is 3. The summed E-state index contributed by atoms with van der Waals surface area (Å²) in [4.78, 5) is 18.6. The molecule has 2 aromatic rings. The van der Waals surface area contributed by atoms with E-state index in [0.29, 0.717) is 13.1 Å². The number of benzene rings is 1. The molecule has 3 rings (SSSR count). The minimum Gasteiger partial charge on any atom is -0.356 e. The molecular weight excluding hydrogens is 383 g/mol. The Balaban J connectivity index is 2.08. The molecule has 2 heterocycles. The van der Waals surface area contributed by atoms with E-state index in [4.69, 9.17) is 23.2 Å². The molecule has 1 aliphatic heterocycles. The first kappa shape index (κ1) is 19.1. The lowest BCUT2D eigenvalue weighted by Gasteiger charge is -2.37. The van der Waals surface area contributed by atoms with Gasteiger partial charge in [0.25, 0.3) is 12.0 Å². The van der Waals surface area contributed by atoms with Gasteiger partial charge in [-0.15, -0.1) is 0 Å². The quantitative estimate of drug-likeness (QED) is 0.717. The zero-order chi connectivity index (χ0) is 19.1. The van der Waals surface area contributed by atoms with E-state index < -0.39 is 17.8 Å². The predicted molar refractivity (Wildman–Crippen MR) is 100 cm³/mol. The second-order valence-corrected chi connectivity index (χ2v) is 7.96. The fourth-order valence-electron chi connectivity index (χ4n) is 3.04. The number of hydrogen-bond acceptors (Lipinski definition) is 3. The number of alkyl halides is 2. The van der Waals surface area contributed by atoms with E-state index in [0.717, 1.165) is 17.4 Å². The van der Waals surface area contributed by atoms with Crippen LogP contribution in [0.5, 0.6) is 0 Å². The molecule has 140 valence electrons. The molecule has 0 unspecified atom stereocenters. The van der Waals surface area contributed by atoms with Crippen molar-refractivity contribution in [1.29, 1.82) is 0 Å². The van der Waals surface area contributed by atoms with Crippen molar-refractivity contribution < 1.29 is 8.78 Å². The molecule has 0 radical (unpaired) electrons. The van der Waals surface area contributed by atoms with Crippen LogP contribution in [-0.2, 0) is 0 Å². The summed E-state index contributed by atoms with van der Waals surface area (Å²) in [6, 6.07) is 5.82. The maximum absolute atomic E-state index is 13.7. The van der Waals surface area contributed by atoms with Gasteiger partial charge >= 0.3 is 0 Å². The third kappa shape index (κ3) is 3.71. The SMILES string of the molecule is CC1(C)CCN(c2cc(=O)n(-c3cccc(Cl)c3Cl)c(C(F)F)n2)CC1. The van der Waals surface area contributed by atoms with E-state index in [2.05, 4.69) is 18.8 Å². The standard InChI is InChI=1S/C18H19Cl2F2N3O/c1-18(2)6-8-24(9-7-18)13-10-14(26)25(17(23-13)16(21)22)12-5-3-4-11(19)15(12)20/h3-5,10,16H,6-9H2,1-2H3. The highest BCUT2D eigenvalue weighted by Crippen LogP contribution is 2.33. The van der Waals surface area contributed by atoms with Crippen LogP contribution in [0, 0.1) is 5.41 Å². The molecule has 0 spiro atoms. The van der Waals surface area contributed by atoms with Gasteiger partial charge < -0.3 is 4.90 Å². The van der Waals surface area contributed by atoms with Crippen molar-refractivity contribution in [2.75, 3.05) is 18.0 Å². The van der Waals surface area contributed by atoms with Crippen molar-refractivity contribution in [1.82, 2.24) is 9.55 Å². The molecule has 8 heteroatoms. The summed E-state index contributed by atoms with van der Waals surface area (Å²) in [5.41, 5.74) is -0.316. The Labute approximate surface area is 160 Å². The van der Waals surface area contributed by atoms with Crippen LogP contribution in [0.15, 0.2) is 29.1 Å². The second kappa shape index (κ2) is 7.16. The maximum atomic E-state index is 13.7. The Morgan fingerprint density at radius 2 is 1.85 bits per heavy atom. The van der Waals surface area contributed by atoms with Gasteiger partial charge in [-0.1, -0.05) is 43.1 Å². The summed E-state index contributed by atoms with van der Waals surface area (Å²) < 4.78 is 28.2. The predicted octanol–water partition coefficient (Wildman–Crippen LogP) is 5.10. The molecule has 0 amide bonds. The number of halogens is 4. The summed E-state index contributed by atoms with van der Waals surface area (Å²) in [5.74, 6) is -0.364. The zero-order valence-corrected chi connectivity index (χ0v) is 16.0. The molecule has 1 aromatic heterocycles. The monoisotopic (exact) mass is 401 g/mol. The van der Waals surface area contributed by atoms with E-state index in [9.17, 15) is 13.6 Å². The van der Waals surface area contributed by atoms with Gasteiger partial charge in [0.1, 0.15) is 5.82 Å². The van der Waals surface area contributed by atoms with Crippen molar-refractivity contribution in [3.05, 3.63) is 50.5 Å². The Bertz CT molecular complexity index is 873. The first-order chi connectivity index (χ1) is 12.2. The first-order valence-corrected chi connectivity index (χ1v) is 9.07. The average molecular weight is 402 g/mol. The lowest BCUT2D eigenvalue weighted by Crippen LogP contribution is -2.39. The minimum absolute atomic E-state index is 0.0347. The lowest BCUT2D eigenvalue weighted by atomic mass is 9.83. The molecule has 26 heavy (non-hydrogen) atoms. The van der Waals surface area contributed by atoms with Crippen LogP contribution in [0.2, 0.25) is 10.0 Å². The highest BCUT2D eigenvalue weighted by atomic mass is 35.5. The molecule has 1 saturated heterocycles. The summed E-state index contributed by atoms with van der Waals surface area (Å²) in [5, 5.41) is 0.214. The van der Waals surface area contributed by atoms with E-state index in [1.165, 1.54) is 18.2 Å². The molecule has 0 N–H and O–H groups in total. The van der Waals surface area contributed by atoms with E-state index in [1.807, 2.05) is 4.90 Å². The van der Waals surface area contributed by atoms with E-state index in [1.54, 1.807) is 6.07 Å². The number of piperidine rings is 1. The van der Waals surface area contributed by atoms with Crippen LogP contribution < -0.4 is 10.5 Å². The topological polar surface area (TPSA) is 38.1 Å². The lowest BCUT2D eigenvalue weighted by molar-refractivity contribution is 0.136. The molecule has 1 fully saturated rings. The zero-order valence-electron chi connectivity index (χ0n) is 14.5. The van der Waals surface area contributed by atoms with Crippen molar-refractivity contribution in [3.8, 4) is 5.69 Å². The number of aromatic nitrogens is 2. The molecule has 0 bridgehead atoms. The van der Waals surface area contributed by atoms with Crippen LogP contribution in [-0.4, -0.2) is 22.6 Å². The van der Waals surface area contributed by atoms with Gasteiger partial charge in [-0.05, 0) is 30.4 Å². The van der Waals surface area contributed by atoms with Crippen molar-refractivity contribution in [2.45, 2.75) is 33.1 Å². The number of anilines is 1. The van der Waals surface area contributed by atoms with E-state index >= 15 is 0 Å². The van der Waals surface area contributed by atoms with Crippen molar-refractivity contribution in [3.63, 3.8) is 0 Å². The normalized spacial score (nSPS) is 17.0. The van der Waals surface area contributed by atoms with Crippen LogP contribution in [0.1, 0.15) is 38.9 Å². The minimum atomic E-state index is -2.93. The smallest absolute Gasteiger partial charge is 0.296 e.